The standard InChI is InChI=1S/C13H18BrN3O/c1-17(7-9-2-3-9)8-13(18)16-12-5-4-10(15)6-11(12)14/h4-6,9H,2-3,7-8,15H2,1H3,(H,16,18). The van der Waals surface area contributed by atoms with E-state index in [0.717, 1.165) is 22.6 Å². The van der Waals surface area contributed by atoms with Crippen LogP contribution < -0.4 is 11.1 Å². The van der Waals surface area contributed by atoms with Crippen LogP contribution >= 0.6 is 15.9 Å². The molecule has 0 heterocycles. The zero-order valence-corrected chi connectivity index (χ0v) is 12.0. The monoisotopic (exact) mass is 311 g/mol. The lowest BCUT2D eigenvalue weighted by atomic mass is 10.3. The van der Waals surface area contributed by atoms with Gasteiger partial charge in [-0.25, -0.2) is 0 Å². The Balaban J connectivity index is 1.85. The minimum absolute atomic E-state index is 0.00335. The van der Waals surface area contributed by atoms with Crippen LogP contribution in [0.2, 0.25) is 0 Å². The normalized spacial score (nSPS) is 14.8. The van der Waals surface area contributed by atoms with Gasteiger partial charge in [0.05, 0.1) is 12.2 Å². The molecule has 1 aliphatic rings. The fourth-order valence-electron chi connectivity index (χ4n) is 1.87. The highest BCUT2D eigenvalue weighted by Crippen LogP contribution is 2.29. The summed E-state index contributed by atoms with van der Waals surface area (Å²) in [5.41, 5.74) is 7.08. The first-order chi connectivity index (χ1) is 8.54. The van der Waals surface area contributed by atoms with Crippen molar-refractivity contribution in [3.63, 3.8) is 0 Å². The summed E-state index contributed by atoms with van der Waals surface area (Å²) in [6.07, 6.45) is 2.60. The van der Waals surface area contributed by atoms with E-state index in [2.05, 4.69) is 26.1 Å². The van der Waals surface area contributed by atoms with Crippen LogP contribution in [0.1, 0.15) is 12.8 Å². The Morgan fingerprint density at radius 3 is 2.89 bits per heavy atom. The minimum atomic E-state index is 0.00335. The fourth-order valence-corrected chi connectivity index (χ4v) is 2.37. The highest BCUT2D eigenvalue weighted by Gasteiger charge is 2.23. The fraction of sp³-hybridized carbons (Fsp3) is 0.462. The molecule has 0 aliphatic heterocycles. The number of nitrogen functional groups attached to an aromatic ring is 1. The van der Waals surface area contributed by atoms with E-state index in [0.29, 0.717) is 12.2 Å². The zero-order valence-electron chi connectivity index (χ0n) is 10.4. The number of rotatable bonds is 5. The predicted octanol–water partition coefficient (Wildman–Crippen LogP) is 2.31. The van der Waals surface area contributed by atoms with Crippen molar-refractivity contribution in [3.8, 4) is 0 Å². The first-order valence-electron chi connectivity index (χ1n) is 6.08. The van der Waals surface area contributed by atoms with E-state index in [4.69, 9.17) is 5.73 Å². The van der Waals surface area contributed by atoms with E-state index in [1.807, 2.05) is 7.05 Å². The largest absolute Gasteiger partial charge is 0.399 e. The second-order valence-electron chi connectivity index (χ2n) is 4.93. The van der Waals surface area contributed by atoms with Crippen molar-refractivity contribution < 1.29 is 4.79 Å². The molecule has 1 fully saturated rings. The van der Waals surface area contributed by atoms with Gasteiger partial charge < -0.3 is 11.1 Å². The number of hydrogen-bond acceptors (Lipinski definition) is 3. The maximum absolute atomic E-state index is 11.9. The van der Waals surface area contributed by atoms with Gasteiger partial charge in [0.1, 0.15) is 0 Å². The first-order valence-corrected chi connectivity index (χ1v) is 6.87. The summed E-state index contributed by atoms with van der Waals surface area (Å²) in [4.78, 5) is 13.9. The maximum Gasteiger partial charge on any atom is 0.238 e. The summed E-state index contributed by atoms with van der Waals surface area (Å²) in [7, 11) is 1.98. The number of anilines is 2. The molecule has 0 spiro atoms. The molecule has 5 heteroatoms. The zero-order chi connectivity index (χ0) is 13.1. The van der Waals surface area contributed by atoms with Crippen LogP contribution in [0.25, 0.3) is 0 Å². The van der Waals surface area contributed by atoms with Gasteiger partial charge in [-0.3, -0.25) is 9.69 Å². The number of nitrogens with one attached hydrogen (secondary N) is 1. The van der Waals surface area contributed by atoms with Crippen molar-refractivity contribution in [2.75, 3.05) is 31.2 Å². The highest BCUT2D eigenvalue weighted by molar-refractivity contribution is 9.10. The molecule has 3 N–H and O–H groups in total. The molecule has 4 nitrogen and oxygen atoms in total. The van der Waals surface area contributed by atoms with Gasteiger partial charge in [0.2, 0.25) is 5.91 Å². The summed E-state index contributed by atoms with van der Waals surface area (Å²) < 4.78 is 0.806. The summed E-state index contributed by atoms with van der Waals surface area (Å²) in [5, 5.41) is 2.88. The molecule has 0 bridgehead atoms. The van der Waals surface area contributed by atoms with E-state index < -0.39 is 0 Å². The molecular weight excluding hydrogens is 294 g/mol. The van der Waals surface area contributed by atoms with Crippen molar-refractivity contribution in [1.82, 2.24) is 4.90 Å². The van der Waals surface area contributed by atoms with E-state index in [9.17, 15) is 4.79 Å². The summed E-state index contributed by atoms with van der Waals surface area (Å²) in [5.74, 6) is 0.801. The van der Waals surface area contributed by atoms with Crippen LogP contribution in [-0.2, 0) is 4.79 Å². The minimum Gasteiger partial charge on any atom is -0.399 e. The van der Waals surface area contributed by atoms with E-state index in [1.165, 1.54) is 12.8 Å². The number of halogens is 1. The van der Waals surface area contributed by atoms with E-state index >= 15 is 0 Å². The van der Waals surface area contributed by atoms with Gasteiger partial charge in [-0.2, -0.15) is 0 Å². The second kappa shape index (κ2) is 5.71. The predicted molar refractivity (Wildman–Crippen MR) is 77.4 cm³/mol. The van der Waals surface area contributed by atoms with Crippen LogP contribution in [0, 0.1) is 5.92 Å². The number of likely N-dealkylation sites (N-methyl/N-ethyl adjacent to an activating group) is 1. The third kappa shape index (κ3) is 3.99. The Morgan fingerprint density at radius 1 is 1.56 bits per heavy atom. The molecule has 0 aromatic heterocycles. The van der Waals surface area contributed by atoms with Crippen LogP contribution in [-0.4, -0.2) is 30.9 Å². The third-order valence-electron chi connectivity index (χ3n) is 2.95. The molecule has 1 saturated carbocycles. The van der Waals surface area contributed by atoms with Gasteiger partial charge in [0.15, 0.2) is 0 Å². The van der Waals surface area contributed by atoms with Gasteiger partial charge in [-0.15, -0.1) is 0 Å². The van der Waals surface area contributed by atoms with Gasteiger partial charge in [-0.05, 0) is 59.9 Å². The molecule has 1 aliphatic carbocycles. The number of benzene rings is 1. The van der Waals surface area contributed by atoms with Gasteiger partial charge in [-0.1, -0.05) is 0 Å². The smallest absolute Gasteiger partial charge is 0.238 e. The second-order valence-corrected chi connectivity index (χ2v) is 5.78. The van der Waals surface area contributed by atoms with Crippen molar-refractivity contribution in [2.24, 2.45) is 5.92 Å². The highest BCUT2D eigenvalue weighted by atomic mass is 79.9. The molecule has 18 heavy (non-hydrogen) atoms. The lowest BCUT2D eigenvalue weighted by molar-refractivity contribution is -0.117. The quantitative estimate of drug-likeness (QED) is 0.820. The average Bonchev–Trinajstić information content (AvgIpc) is 3.05. The maximum atomic E-state index is 11.9. The number of carbonyl (C=O) groups is 1. The van der Waals surface area contributed by atoms with E-state index in [-0.39, 0.29) is 5.91 Å². The van der Waals surface area contributed by atoms with Gasteiger partial charge in [0.25, 0.3) is 0 Å². The molecule has 0 atom stereocenters. The van der Waals surface area contributed by atoms with Gasteiger partial charge >= 0.3 is 0 Å². The molecule has 0 unspecified atom stereocenters. The SMILES string of the molecule is CN(CC(=O)Nc1ccc(N)cc1Br)CC1CC1. The van der Waals surface area contributed by atoms with Crippen LogP contribution in [0.3, 0.4) is 0 Å². The Labute approximate surface area is 116 Å². The molecule has 0 saturated heterocycles. The lowest BCUT2D eigenvalue weighted by Crippen LogP contribution is -2.31. The molecule has 98 valence electrons. The van der Waals surface area contributed by atoms with Crippen LogP contribution in [0.5, 0.6) is 0 Å². The van der Waals surface area contributed by atoms with Crippen molar-refractivity contribution in [1.29, 1.82) is 0 Å². The lowest BCUT2D eigenvalue weighted by Gasteiger charge is -2.16. The Kier molecular flexibility index (Phi) is 4.24. The average molecular weight is 312 g/mol. The molecule has 2 rings (SSSR count). The molecule has 1 aromatic carbocycles. The van der Waals surface area contributed by atoms with Crippen LogP contribution in [0.4, 0.5) is 11.4 Å². The third-order valence-corrected chi connectivity index (χ3v) is 3.60. The van der Waals surface area contributed by atoms with E-state index in [1.54, 1.807) is 18.2 Å². The Bertz CT molecular complexity index is 446. The van der Waals surface area contributed by atoms with Crippen molar-refractivity contribution >= 4 is 33.2 Å². The van der Waals surface area contributed by atoms with Crippen molar-refractivity contribution in [3.05, 3.63) is 22.7 Å². The van der Waals surface area contributed by atoms with Crippen LogP contribution in [0.15, 0.2) is 22.7 Å². The first kappa shape index (κ1) is 13.4. The molecule has 1 amide bonds. The topological polar surface area (TPSA) is 58.4 Å². The Morgan fingerprint density at radius 2 is 2.28 bits per heavy atom. The number of carbonyl (C=O) groups excluding carboxylic acids is 1. The van der Waals surface area contributed by atoms with Gasteiger partial charge in [0, 0.05) is 16.7 Å². The van der Waals surface area contributed by atoms with Crippen molar-refractivity contribution in [2.45, 2.75) is 12.8 Å². The number of nitrogens with two attached hydrogens (primary N) is 1. The molecule has 0 radical (unpaired) electrons. The number of nitrogens with zero attached hydrogens (tertiary/aromatic N) is 1. The Hall–Kier alpha value is -1.07. The molecule has 1 aromatic rings. The summed E-state index contributed by atoms with van der Waals surface area (Å²) >= 11 is 3.38. The number of hydrogen-bond donors (Lipinski definition) is 2. The summed E-state index contributed by atoms with van der Waals surface area (Å²) in [6, 6.07) is 5.36. The molecular formula is C13H18BrN3O. The summed E-state index contributed by atoms with van der Waals surface area (Å²) in [6.45, 7) is 1.43. The number of amides is 1.